The molecule has 4 rings (SSSR count). The van der Waals surface area contributed by atoms with Crippen molar-refractivity contribution in [1.29, 1.82) is 0 Å². The molecule has 0 unspecified atom stereocenters. The van der Waals surface area contributed by atoms with Crippen molar-refractivity contribution in [1.82, 2.24) is 9.55 Å². The molecule has 0 bridgehead atoms. The van der Waals surface area contributed by atoms with E-state index in [1.807, 2.05) is 24.3 Å². The number of imidazole rings is 1. The van der Waals surface area contributed by atoms with E-state index >= 15 is 0 Å². The molecule has 1 aliphatic rings. The highest BCUT2D eigenvalue weighted by Crippen LogP contribution is 2.22. The number of carbonyl (C=O) groups excluding carboxylic acids is 1. The van der Waals surface area contributed by atoms with Crippen molar-refractivity contribution in [3.8, 4) is 0 Å². The highest BCUT2D eigenvalue weighted by Gasteiger charge is 2.13. The van der Waals surface area contributed by atoms with Gasteiger partial charge in [0.15, 0.2) is 0 Å². The van der Waals surface area contributed by atoms with Crippen molar-refractivity contribution in [2.45, 2.75) is 19.4 Å². The number of rotatable bonds is 4. The standard InChI is InChI=1S/C19H19FN4O2/c20-13-3-8-17-16(11-13)22-19(26)24(17)12-18(25)21-14-4-6-15(7-5-14)23-9-1-2-10-23/h3-8,11H,1-2,9-10,12H2,(H,21,25)(H,22,26). The maximum absolute atomic E-state index is 13.3. The summed E-state index contributed by atoms with van der Waals surface area (Å²) in [4.78, 5) is 29.2. The van der Waals surface area contributed by atoms with E-state index in [-0.39, 0.29) is 12.5 Å². The number of amides is 1. The predicted octanol–water partition coefficient (Wildman–Crippen LogP) is 2.71. The summed E-state index contributed by atoms with van der Waals surface area (Å²) in [6.07, 6.45) is 2.42. The molecule has 2 N–H and O–H groups in total. The lowest BCUT2D eigenvalue weighted by atomic mass is 10.2. The van der Waals surface area contributed by atoms with E-state index in [4.69, 9.17) is 0 Å². The lowest BCUT2D eigenvalue weighted by molar-refractivity contribution is -0.116. The van der Waals surface area contributed by atoms with Gasteiger partial charge in [-0.25, -0.2) is 9.18 Å². The first-order chi connectivity index (χ1) is 12.6. The average molecular weight is 354 g/mol. The second-order valence-electron chi connectivity index (χ2n) is 6.47. The van der Waals surface area contributed by atoms with Gasteiger partial charge in [0, 0.05) is 24.5 Å². The highest BCUT2D eigenvalue weighted by atomic mass is 19.1. The molecule has 3 aromatic rings. The number of fused-ring (bicyclic) bond motifs is 1. The molecule has 2 heterocycles. The van der Waals surface area contributed by atoms with Crippen LogP contribution in [0.5, 0.6) is 0 Å². The molecule has 1 amide bonds. The van der Waals surface area contributed by atoms with Gasteiger partial charge >= 0.3 is 5.69 Å². The van der Waals surface area contributed by atoms with Crippen LogP contribution in [0.4, 0.5) is 15.8 Å². The number of carbonyl (C=O) groups is 1. The fraction of sp³-hybridized carbons (Fsp3) is 0.263. The van der Waals surface area contributed by atoms with E-state index in [0.717, 1.165) is 18.8 Å². The lowest BCUT2D eigenvalue weighted by Gasteiger charge is -2.17. The molecule has 0 saturated carbocycles. The number of hydrogen-bond donors (Lipinski definition) is 2. The quantitative estimate of drug-likeness (QED) is 0.757. The fourth-order valence-corrected chi connectivity index (χ4v) is 3.37. The van der Waals surface area contributed by atoms with Gasteiger partial charge in [-0.1, -0.05) is 0 Å². The zero-order valence-electron chi connectivity index (χ0n) is 14.2. The molecule has 26 heavy (non-hydrogen) atoms. The van der Waals surface area contributed by atoms with Crippen LogP contribution in [0.15, 0.2) is 47.3 Å². The number of anilines is 2. The summed E-state index contributed by atoms with van der Waals surface area (Å²) in [5, 5.41) is 2.80. The number of halogens is 1. The maximum Gasteiger partial charge on any atom is 0.326 e. The molecule has 1 fully saturated rings. The minimum atomic E-state index is -0.440. The minimum Gasteiger partial charge on any atom is -0.372 e. The van der Waals surface area contributed by atoms with Crippen LogP contribution >= 0.6 is 0 Å². The number of nitrogens with one attached hydrogen (secondary N) is 2. The number of aromatic nitrogens is 2. The first-order valence-electron chi connectivity index (χ1n) is 8.63. The number of hydrogen-bond acceptors (Lipinski definition) is 3. The molecule has 6 nitrogen and oxygen atoms in total. The summed E-state index contributed by atoms with van der Waals surface area (Å²) >= 11 is 0. The van der Waals surface area contributed by atoms with Gasteiger partial charge in [0.05, 0.1) is 11.0 Å². The summed E-state index contributed by atoms with van der Waals surface area (Å²) in [5.41, 5.74) is 2.26. The molecule has 0 aliphatic carbocycles. The van der Waals surface area contributed by atoms with Gasteiger partial charge in [-0.2, -0.15) is 0 Å². The van der Waals surface area contributed by atoms with Crippen LogP contribution in [-0.2, 0) is 11.3 Å². The van der Waals surface area contributed by atoms with Gasteiger partial charge in [0.2, 0.25) is 5.91 Å². The predicted molar refractivity (Wildman–Crippen MR) is 99.0 cm³/mol. The molecule has 1 saturated heterocycles. The number of benzene rings is 2. The number of aromatic amines is 1. The zero-order chi connectivity index (χ0) is 18.1. The van der Waals surface area contributed by atoms with E-state index in [2.05, 4.69) is 15.2 Å². The third kappa shape index (κ3) is 3.20. The number of H-pyrrole nitrogens is 1. The molecule has 0 radical (unpaired) electrons. The van der Waals surface area contributed by atoms with Crippen molar-refractivity contribution >= 4 is 28.3 Å². The Bertz CT molecular complexity index is 1000. The third-order valence-electron chi connectivity index (χ3n) is 4.66. The Labute approximate surface area is 149 Å². The first-order valence-corrected chi connectivity index (χ1v) is 8.63. The smallest absolute Gasteiger partial charge is 0.326 e. The third-order valence-corrected chi connectivity index (χ3v) is 4.66. The van der Waals surface area contributed by atoms with Crippen LogP contribution in [0, 0.1) is 5.82 Å². The van der Waals surface area contributed by atoms with Gasteiger partial charge in [-0.3, -0.25) is 9.36 Å². The number of nitrogens with zero attached hydrogens (tertiary/aromatic N) is 2. The van der Waals surface area contributed by atoms with Gasteiger partial charge in [0.25, 0.3) is 0 Å². The van der Waals surface area contributed by atoms with E-state index in [1.165, 1.54) is 35.6 Å². The molecule has 1 aromatic heterocycles. The Morgan fingerprint density at radius 1 is 1.12 bits per heavy atom. The fourth-order valence-electron chi connectivity index (χ4n) is 3.37. The van der Waals surface area contributed by atoms with E-state index in [1.54, 1.807) is 0 Å². The maximum atomic E-state index is 13.3. The Balaban J connectivity index is 1.47. The monoisotopic (exact) mass is 354 g/mol. The summed E-state index contributed by atoms with van der Waals surface area (Å²) in [6.45, 7) is 1.99. The van der Waals surface area contributed by atoms with Crippen molar-refractivity contribution in [3.63, 3.8) is 0 Å². The largest absolute Gasteiger partial charge is 0.372 e. The normalized spacial score (nSPS) is 14.1. The molecular formula is C19H19FN4O2. The van der Waals surface area contributed by atoms with Crippen LogP contribution in [0.1, 0.15) is 12.8 Å². The zero-order valence-corrected chi connectivity index (χ0v) is 14.2. The topological polar surface area (TPSA) is 70.1 Å². The van der Waals surface area contributed by atoms with Crippen molar-refractivity contribution in [2.75, 3.05) is 23.3 Å². The molecule has 2 aromatic carbocycles. The van der Waals surface area contributed by atoms with E-state index in [0.29, 0.717) is 16.7 Å². The highest BCUT2D eigenvalue weighted by molar-refractivity contribution is 5.91. The summed E-state index contributed by atoms with van der Waals surface area (Å²) < 4.78 is 14.6. The molecule has 0 atom stereocenters. The van der Waals surface area contributed by atoms with Gasteiger partial charge in [-0.05, 0) is 55.3 Å². The molecule has 0 spiro atoms. The van der Waals surface area contributed by atoms with Crippen molar-refractivity contribution in [2.24, 2.45) is 0 Å². The van der Waals surface area contributed by atoms with Crippen molar-refractivity contribution < 1.29 is 9.18 Å². The van der Waals surface area contributed by atoms with E-state index < -0.39 is 11.5 Å². The Morgan fingerprint density at radius 3 is 2.58 bits per heavy atom. The van der Waals surface area contributed by atoms with Crippen LogP contribution in [0.2, 0.25) is 0 Å². The molecule has 7 heteroatoms. The molecular weight excluding hydrogens is 335 g/mol. The Hall–Kier alpha value is -3.09. The minimum absolute atomic E-state index is 0.141. The lowest BCUT2D eigenvalue weighted by Crippen LogP contribution is -2.25. The summed E-state index contributed by atoms with van der Waals surface area (Å²) in [5.74, 6) is -0.750. The van der Waals surface area contributed by atoms with Crippen LogP contribution < -0.4 is 15.9 Å². The SMILES string of the molecule is O=C(Cn1c(=O)[nH]c2cc(F)ccc21)Nc1ccc(N2CCCC2)cc1. The van der Waals surface area contributed by atoms with Crippen LogP contribution in [-0.4, -0.2) is 28.5 Å². The van der Waals surface area contributed by atoms with E-state index in [9.17, 15) is 14.0 Å². The Kier molecular flexibility index (Phi) is 4.20. The first kappa shape index (κ1) is 16.4. The van der Waals surface area contributed by atoms with Gasteiger partial charge in [-0.15, -0.1) is 0 Å². The second-order valence-corrected chi connectivity index (χ2v) is 6.47. The van der Waals surface area contributed by atoms with Crippen LogP contribution in [0.25, 0.3) is 11.0 Å². The summed E-state index contributed by atoms with van der Waals surface area (Å²) in [7, 11) is 0. The van der Waals surface area contributed by atoms with Crippen LogP contribution in [0.3, 0.4) is 0 Å². The van der Waals surface area contributed by atoms with Crippen molar-refractivity contribution in [3.05, 3.63) is 58.8 Å². The second kappa shape index (κ2) is 6.67. The summed E-state index contributed by atoms with van der Waals surface area (Å²) in [6, 6.07) is 11.7. The Morgan fingerprint density at radius 2 is 1.85 bits per heavy atom. The molecule has 1 aliphatic heterocycles. The van der Waals surface area contributed by atoms with Gasteiger partial charge < -0.3 is 15.2 Å². The molecule has 134 valence electrons. The van der Waals surface area contributed by atoms with Gasteiger partial charge in [0.1, 0.15) is 12.4 Å². The average Bonchev–Trinajstić information content (AvgIpc) is 3.24.